The number of nitrogens with zero attached hydrogens (tertiary/aromatic N) is 4. The van der Waals surface area contributed by atoms with Crippen LogP contribution in [-0.4, -0.2) is 52.1 Å². The summed E-state index contributed by atoms with van der Waals surface area (Å²) in [7, 11) is 1.86. The minimum Gasteiger partial charge on any atom is -0.376 e. The Balaban J connectivity index is 1.31. The van der Waals surface area contributed by atoms with Gasteiger partial charge in [-0.3, -0.25) is 4.79 Å². The van der Waals surface area contributed by atoms with Crippen LogP contribution in [0.3, 0.4) is 0 Å². The molecule has 3 aromatic rings. The van der Waals surface area contributed by atoms with Gasteiger partial charge < -0.3 is 24.3 Å². The average molecular weight is 570 g/mol. The van der Waals surface area contributed by atoms with E-state index in [1.165, 1.54) is 11.0 Å². The Morgan fingerprint density at radius 1 is 1.20 bits per heavy atom. The van der Waals surface area contributed by atoms with E-state index in [1.54, 1.807) is 18.5 Å². The maximum atomic E-state index is 14.2. The minimum atomic E-state index is -4.57. The highest BCUT2D eigenvalue weighted by Gasteiger charge is 2.41. The van der Waals surface area contributed by atoms with Gasteiger partial charge in [-0.1, -0.05) is 12.1 Å². The molecule has 218 valence electrons. The fraction of sp³-hybridized carbons (Fsp3) is 0.500. The van der Waals surface area contributed by atoms with E-state index in [0.29, 0.717) is 37.5 Å². The second kappa shape index (κ2) is 10.8. The standard InChI is InChI=1S/C30H34F3N5O3/c1-29(7-4-8-29)34-15-19-11-24-25(26(12-19)30(31,32)33)16-38(28(24)39)21-6-3-5-20(13-21)23(27-36-35-18-37(27)2)14-22-17-40-9-10-41-22/h3,5-6,11-13,18,22-23,34H,4,7-10,14-17H2,1-2H3/t22?,23-/m1/s1. The Morgan fingerprint density at radius 2 is 2.02 bits per heavy atom. The molecule has 2 fully saturated rings. The summed E-state index contributed by atoms with van der Waals surface area (Å²) < 4.78 is 56.0. The van der Waals surface area contributed by atoms with E-state index in [4.69, 9.17) is 9.47 Å². The third-order valence-corrected chi connectivity index (χ3v) is 8.61. The molecule has 1 N–H and O–H groups in total. The van der Waals surface area contributed by atoms with Crippen LogP contribution in [0, 0.1) is 0 Å². The maximum absolute atomic E-state index is 14.2. The zero-order valence-corrected chi connectivity index (χ0v) is 23.2. The molecule has 0 radical (unpaired) electrons. The van der Waals surface area contributed by atoms with E-state index in [-0.39, 0.29) is 41.8 Å². The molecule has 1 saturated carbocycles. The molecule has 2 aliphatic heterocycles. The Hall–Kier alpha value is -3.28. The number of amides is 1. The Labute approximate surface area is 236 Å². The first kappa shape index (κ1) is 27.9. The van der Waals surface area contributed by atoms with Gasteiger partial charge in [0.1, 0.15) is 12.2 Å². The maximum Gasteiger partial charge on any atom is 0.416 e. The zero-order valence-electron chi connectivity index (χ0n) is 23.2. The quantitative estimate of drug-likeness (QED) is 0.413. The van der Waals surface area contributed by atoms with Crippen molar-refractivity contribution >= 4 is 11.6 Å². The van der Waals surface area contributed by atoms with Crippen molar-refractivity contribution in [2.45, 2.75) is 69.4 Å². The number of aromatic nitrogens is 3. The van der Waals surface area contributed by atoms with E-state index in [0.717, 1.165) is 30.7 Å². The lowest BCUT2D eigenvalue weighted by Crippen LogP contribution is -2.47. The lowest BCUT2D eigenvalue weighted by atomic mass is 9.78. The number of anilines is 1. The second-order valence-electron chi connectivity index (χ2n) is 11.6. The van der Waals surface area contributed by atoms with Crippen LogP contribution in [0.1, 0.15) is 77.0 Å². The van der Waals surface area contributed by atoms with Crippen LogP contribution in [0.15, 0.2) is 42.7 Å². The van der Waals surface area contributed by atoms with Crippen LogP contribution in [-0.2, 0) is 35.8 Å². The van der Waals surface area contributed by atoms with E-state index in [9.17, 15) is 18.0 Å². The number of carbonyl (C=O) groups is 1. The molecular formula is C30H34F3N5O3. The summed E-state index contributed by atoms with van der Waals surface area (Å²) in [5.74, 6) is 0.0770. The monoisotopic (exact) mass is 569 g/mol. The molecule has 2 aromatic carbocycles. The first-order valence-electron chi connectivity index (χ1n) is 14.0. The van der Waals surface area contributed by atoms with Crippen LogP contribution < -0.4 is 10.2 Å². The number of hydrogen-bond donors (Lipinski definition) is 1. The molecule has 1 saturated heterocycles. The highest BCUT2D eigenvalue weighted by atomic mass is 19.4. The fourth-order valence-electron chi connectivity index (χ4n) is 6.07. The molecular weight excluding hydrogens is 535 g/mol. The van der Waals surface area contributed by atoms with E-state index < -0.39 is 17.6 Å². The third-order valence-electron chi connectivity index (χ3n) is 8.61. The molecule has 1 unspecified atom stereocenters. The topological polar surface area (TPSA) is 81.5 Å². The van der Waals surface area contributed by atoms with Crippen molar-refractivity contribution in [1.29, 1.82) is 0 Å². The smallest absolute Gasteiger partial charge is 0.376 e. The van der Waals surface area contributed by atoms with Gasteiger partial charge in [-0.25, -0.2) is 0 Å². The molecule has 0 bridgehead atoms. The molecule has 11 heteroatoms. The molecule has 2 atom stereocenters. The first-order valence-corrected chi connectivity index (χ1v) is 14.0. The van der Waals surface area contributed by atoms with Crippen molar-refractivity contribution in [2.75, 3.05) is 24.7 Å². The average Bonchev–Trinajstić information content (AvgIpc) is 3.51. The van der Waals surface area contributed by atoms with Crippen LogP contribution in [0.25, 0.3) is 0 Å². The SMILES string of the molecule is Cn1cnnc1[C@H](CC1COCCO1)c1cccc(N2Cc3c(cc(CNC4(C)CCC4)cc3C(F)(F)F)C2=O)c1. The molecule has 1 aromatic heterocycles. The second-order valence-corrected chi connectivity index (χ2v) is 11.6. The lowest BCUT2D eigenvalue weighted by molar-refractivity contribution is -0.138. The summed E-state index contributed by atoms with van der Waals surface area (Å²) in [6.45, 7) is 3.74. The first-order chi connectivity index (χ1) is 19.6. The van der Waals surface area contributed by atoms with Gasteiger partial charge in [0.2, 0.25) is 0 Å². The van der Waals surface area contributed by atoms with Crippen molar-refractivity contribution in [1.82, 2.24) is 20.1 Å². The van der Waals surface area contributed by atoms with Crippen LogP contribution in [0.4, 0.5) is 18.9 Å². The van der Waals surface area contributed by atoms with Gasteiger partial charge in [0, 0.05) is 36.3 Å². The number of alkyl halides is 3. The number of benzene rings is 2. The number of rotatable bonds is 8. The van der Waals surface area contributed by atoms with Crippen molar-refractivity contribution in [3.05, 3.63) is 76.4 Å². The largest absolute Gasteiger partial charge is 0.416 e. The molecule has 8 nitrogen and oxygen atoms in total. The Bertz CT molecular complexity index is 1430. The van der Waals surface area contributed by atoms with Gasteiger partial charge in [0.25, 0.3) is 5.91 Å². The van der Waals surface area contributed by atoms with Crippen molar-refractivity contribution < 1.29 is 27.4 Å². The number of hydrogen-bond acceptors (Lipinski definition) is 6. The van der Waals surface area contributed by atoms with Gasteiger partial charge in [0.15, 0.2) is 0 Å². The Morgan fingerprint density at radius 3 is 2.68 bits per heavy atom. The van der Waals surface area contributed by atoms with E-state index in [2.05, 4.69) is 22.4 Å². The predicted molar refractivity (Wildman–Crippen MR) is 146 cm³/mol. The third kappa shape index (κ3) is 5.62. The van der Waals surface area contributed by atoms with Crippen LogP contribution >= 0.6 is 0 Å². The number of carbonyl (C=O) groups excluding carboxylic acids is 1. The molecule has 1 aliphatic carbocycles. The van der Waals surface area contributed by atoms with Gasteiger partial charge in [-0.2, -0.15) is 13.2 Å². The number of halogens is 3. The van der Waals surface area contributed by atoms with Gasteiger partial charge in [-0.15, -0.1) is 10.2 Å². The van der Waals surface area contributed by atoms with E-state index in [1.807, 2.05) is 29.8 Å². The minimum absolute atomic E-state index is 0.0177. The van der Waals surface area contributed by atoms with Crippen molar-refractivity contribution in [2.24, 2.45) is 7.05 Å². The number of aryl methyl sites for hydroxylation is 1. The number of nitrogens with one attached hydrogen (secondary N) is 1. The Kier molecular flexibility index (Phi) is 7.37. The summed E-state index contributed by atoms with van der Waals surface area (Å²) in [4.78, 5) is 15.1. The highest BCUT2D eigenvalue weighted by molar-refractivity contribution is 6.10. The summed E-state index contributed by atoms with van der Waals surface area (Å²) in [6, 6.07) is 10.2. The lowest BCUT2D eigenvalue weighted by Gasteiger charge is -2.39. The van der Waals surface area contributed by atoms with Gasteiger partial charge in [0.05, 0.1) is 38.0 Å². The molecule has 0 spiro atoms. The summed E-state index contributed by atoms with van der Waals surface area (Å²) in [5, 5.41) is 11.8. The van der Waals surface area contributed by atoms with Crippen molar-refractivity contribution in [3.8, 4) is 0 Å². The molecule has 1 amide bonds. The molecule has 3 aliphatic rings. The van der Waals surface area contributed by atoms with Crippen LogP contribution in [0.5, 0.6) is 0 Å². The van der Waals surface area contributed by atoms with Crippen LogP contribution in [0.2, 0.25) is 0 Å². The normalized spacial score (nSPS) is 21.0. The van der Waals surface area contributed by atoms with Crippen molar-refractivity contribution in [3.63, 3.8) is 0 Å². The summed E-state index contributed by atoms with van der Waals surface area (Å²) in [5.41, 5.74) is 1.18. The number of fused-ring (bicyclic) bond motifs is 1. The van der Waals surface area contributed by atoms with Gasteiger partial charge >= 0.3 is 6.18 Å². The zero-order chi connectivity index (χ0) is 28.8. The fourth-order valence-corrected chi connectivity index (χ4v) is 6.07. The van der Waals surface area contributed by atoms with E-state index >= 15 is 0 Å². The summed E-state index contributed by atoms with van der Waals surface area (Å²) in [6.07, 6.45) is 0.573. The molecule has 6 rings (SSSR count). The van der Waals surface area contributed by atoms with Gasteiger partial charge in [-0.05, 0) is 73.6 Å². The summed E-state index contributed by atoms with van der Waals surface area (Å²) >= 11 is 0. The number of ether oxygens (including phenoxy) is 2. The molecule has 3 heterocycles. The highest BCUT2D eigenvalue weighted by Crippen LogP contribution is 2.41. The predicted octanol–water partition coefficient (Wildman–Crippen LogP) is 4.96. The molecule has 41 heavy (non-hydrogen) atoms.